The molecule has 3 unspecified atom stereocenters. The van der Waals surface area contributed by atoms with E-state index in [-0.39, 0.29) is 37.7 Å². The van der Waals surface area contributed by atoms with Crippen LogP contribution >= 0.6 is 8.10 Å². The van der Waals surface area contributed by atoms with Crippen LogP contribution in [-0.2, 0) is 47.8 Å². The van der Waals surface area contributed by atoms with Crippen LogP contribution in [0.4, 0.5) is 0 Å². The number of rotatable bonds is 16. The van der Waals surface area contributed by atoms with Crippen molar-refractivity contribution in [1.29, 1.82) is 0 Å². The Morgan fingerprint density at radius 1 is 1.15 bits per heavy atom. The fourth-order valence-corrected chi connectivity index (χ4v) is 5.83. The Labute approximate surface area is 237 Å². The summed E-state index contributed by atoms with van der Waals surface area (Å²) < 4.78 is 29.8. The molecule has 40 heavy (non-hydrogen) atoms. The molecule has 0 saturated carbocycles. The van der Waals surface area contributed by atoms with Crippen molar-refractivity contribution in [3.8, 4) is 5.75 Å². The second-order valence-corrected chi connectivity index (χ2v) is 10.9. The van der Waals surface area contributed by atoms with Gasteiger partial charge in [0.15, 0.2) is 6.04 Å². The topological polar surface area (TPSA) is 144 Å². The van der Waals surface area contributed by atoms with E-state index in [0.29, 0.717) is 19.5 Å². The highest BCUT2D eigenvalue weighted by atomic mass is 31.1. The van der Waals surface area contributed by atoms with Gasteiger partial charge < -0.3 is 24.6 Å². The number of cyclic esters (lactones) is 1. The summed E-state index contributed by atoms with van der Waals surface area (Å²) in [6.45, 7) is 14.2. The van der Waals surface area contributed by atoms with E-state index in [1.54, 1.807) is 27.7 Å². The van der Waals surface area contributed by atoms with Crippen LogP contribution in [-0.4, -0.2) is 72.6 Å². The van der Waals surface area contributed by atoms with E-state index in [1.807, 2.05) is 26.8 Å². The minimum atomic E-state index is -2.29. The first-order chi connectivity index (χ1) is 19.0. The zero-order valence-electron chi connectivity index (χ0n) is 24.6. The molecule has 11 nitrogen and oxygen atoms in total. The Morgan fingerprint density at radius 2 is 1.80 bits per heavy atom. The molecular weight excluding hydrogens is 537 g/mol. The van der Waals surface area contributed by atoms with E-state index in [1.165, 1.54) is 4.67 Å². The lowest BCUT2D eigenvalue weighted by Gasteiger charge is -2.19. The maximum atomic E-state index is 13.1. The number of ether oxygens (including phenoxy) is 3. The molecule has 12 heteroatoms. The van der Waals surface area contributed by atoms with Gasteiger partial charge in [-0.2, -0.15) is 0 Å². The third-order valence-corrected chi connectivity index (χ3v) is 8.45. The van der Waals surface area contributed by atoms with Gasteiger partial charge in [0, 0.05) is 24.2 Å². The minimum Gasteiger partial charge on any atom is -0.507 e. The quantitative estimate of drug-likeness (QED) is 0.0869. The number of carbonyl (C=O) groups is 3. The molecular formula is C28H43N3O8P+. The first-order valence-electron chi connectivity index (χ1n) is 13.7. The Morgan fingerprint density at radius 3 is 2.42 bits per heavy atom. The second-order valence-electron chi connectivity index (χ2n) is 9.61. The Hall–Kier alpha value is -2.85. The normalized spacial score (nSPS) is 14.9. The van der Waals surface area contributed by atoms with E-state index in [4.69, 9.17) is 14.2 Å². The summed E-state index contributed by atoms with van der Waals surface area (Å²) in [5, 5.41) is 16.9. The van der Waals surface area contributed by atoms with Gasteiger partial charge in [-0.05, 0) is 70.1 Å². The lowest BCUT2D eigenvalue weighted by Crippen LogP contribution is -2.43. The first kappa shape index (κ1) is 33.4. The average molecular weight is 581 g/mol. The first-order valence-corrected chi connectivity index (χ1v) is 14.9. The van der Waals surface area contributed by atoms with Crippen molar-refractivity contribution in [2.24, 2.45) is 0 Å². The summed E-state index contributed by atoms with van der Waals surface area (Å²) >= 11 is 0. The van der Waals surface area contributed by atoms with E-state index < -0.39 is 38.1 Å². The maximum absolute atomic E-state index is 13.1. The number of nitrogens with zero attached hydrogens (tertiary/aromatic N) is 1. The van der Waals surface area contributed by atoms with Crippen molar-refractivity contribution in [2.75, 3.05) is 32.8 Å². The molecule has 0 spiro atoms. The van der Waals surface area contributed by atoms with Crippen LogP contribution in [0.2, 0.25) is 0 Å². The molecule has 3 N–H and O–H groups in total. The van der Waals surface area contributed by atoms with Crippen LogP contribution in [0.3, 0.4) is 0 Å². The number of phenolic OH excluding ortho intramolecular Hbond substituents is 1. The maximum Gasteiger partial charge on any atom is 0.536 e. The van der Waals surface area contributed by atoms with Gasteiger partial charge in [-0.25, -0.2) is 4.79 Å². The van der Waals surface area contributed by atoms with E-state index in [9.17, 15) is 24.1 Å². The summed E-state index contributed by atoms with van der Waals surface area (Å²) in [6.07, 6.45) is 3.17. The highest BCUT2D eigenvalue weighted by molar-refractivity contribution is 7.39. The Bertz CT molecular complexity index is 1140. The summed E-state index contributed by atoms with van der Waals surface area (Å²) in [7, 11) is -2.29. The lowest BCUT2D eigenvalue weighted by atomic mass is 9.89. The number of esters is 3. The van der Waals surface area contributed by atoms with Crippen molar-refractivity contribution in [3.05, 3.63) is 39.5 Å². The zero-order valence-corrected chi connectivity index (χ0v) is 25.5. The molecule has 1 aliphatic rings. The van der Waals surface area contributed by atoms with Crippen molar-refractivity contribution in [2.45, 2.75) is 80.0 Å². The van der Waals surface area contributed by atoms with Crippen molar-refractivity contribution in [1.82, 2.24) is 15.1 Å². The molecule has 222 valence electrons. The predicted octanol–water partition coefficient (Wildman–Crippen LogP) is 3.46. The third kappa shape index (κ3) is 8.33. The van der Waals surface area contributed by atoms with Crippen LogP contribution in [0.1, 0.15) is 74.2 Å². The van der Waals surface area contributed by atoms with Crippen molar-refractivity contribution < 1.29 is 38.3 Å². The highest BCUT2D eigenvalue weighted by Gasteiger charge is 2.40. The molecule has 0 fully saturated rings. The number of phenols is 1. The van der Waals surface area contributed by atoms with E-state index in [0.717, 1.165) is 34.2 Å². The second kappa shape index (κ2) is 15.8. The fourth-order valence-electron chi connectivity index (χ4n) is 4.56. The number of nitrogens with one attached hydrogen (secondary N) is 2. The van der Waals surface area contributed by atoms with Gasteiger partial charge >= 0.3 is 26.0 Å². The molecule has 0 bridgehead atoms. The molecule has 0 aromatic heterocycles. The largest absolute Gasteiger partial charge is 0.536 e. The number of hydrogen-bond acceptors (Lipinski definition) is 9. The SMILES string of the molecule is CCOC(=O)C(C)N[P+](=O)N(CCNCC(C)=CCc1c(O)c2c(c(C)c1CC)COC2=O)C(C)C(=O)OCC. The number of carbonyl (C=O) groups excluding carboxylic acids is 3. The smallest absolute Gasteiger partial charge is 0.507 e. The van der Waals surface area contributed by atoms with Gasteiger partial charge in [-0.1, -0.05) is 28.3 Å². The molecule has 0 saturated heterocycles. The van der Waals surface area contributed by atoms with E-state index >= 15 is 0 Å². The van der Waals surface area contributed by atoms with Crippen molar-refractivity contribution >= 4 is 26.0 Å². The highest BCUT2D eigenvalue weighted by Crippen LogP contribution is 2.38. The number of allylic oxidation sites excluding steroid dienone is 1. The van der Waals surface area contributed by atoms with Gasteiger partial charge in [0.25, 0.3) is 0 Å². The predicted molar refractivity (Wildman–Crippen MR) is 151 cm³/mol. The van der Waals surface area contributed by atoms with Gasteiger partial charge in [-0.15, -0.1) is 0 Å². The summed E-state index contributed by atoms with van der Waals surface area (Å²) in [6, 6.07) is -1.61. The molecule has 0 radical (unpaired) electrons. The fraction of sp³-hybridized carbons (Fsp3) is 0.607. The third-order valence-electron chi connectivity index (χ3n) is 6.83. The van der Waals surface area contributed by atoms with Crippen LogP contribution in [0.25, 0.3) is 0 Å². The van der Waals surface area contributed by atoms with Crippen LogP contribution in [0, 0.1) is 6.92 Å². The standard InChI is InChI=1S/C28H42N3O8P/c1-8-21-18(5)23-16-39-28(35)24(23)25(32)22(21)12-11-17(4)15-29-13-14-31(20(7)27(34)38-10-3)40(36)30-19(6)26(33)37-9-2/h11,19-20,29H,8-10,12-16H2,1-7H3,(H-,30,32,35,36)/p+1. The molecule has 1 aromatic rings. The van der Waals surface area contributed by atoms with Gasteiger partial charge in [0.2, 0.25) is 0 Å². The summed E-state index contributed by atoms with van der Waals surface area (Å²) in [5.41, 5.74) is 4.76. The average Bonchev–Trinajstić information content (AvgIpc) is 3.31. The molecule has 3 atom stereocenters. The molecule has 1 aliphatic heterocycles. The number of hydrogen-bond donors (Lipinski definition) is 3. The van der Waals surface area contributed by atoms with Crippen LogP contribution in [0.5, 0.6) is 5.75 Å². The Balaban J connectivity index is 2.04. The van der Waals surface area contributed by atoms with Gasteiger partial charge in [-0.3, -0.25) is 9.59 Å². The van der Waals surface area contributed by atoms with E-state index in [2.05, 4.69) is 10.4 Å². The van der Waals surface area contributed by atoms with Gasteiger partial charge in [0.05, 0.1) is 19.8 Å². The Kier molecular flexibility index (Phi) is 13.2. The molecule has 2 rings (SSSR count). The summed E-state index contributed by atoms with van der Waals surface area (Å²) in [5.74, 6) is -1.53. The van der Waals surface area contributed by atoms with Gasteiger partial charge in [0.1, 0.15) is 24.0 Å². The summed E-state index contributed by atoms with van der Waals surface area (Å²) in [4.78, 5) is 36.5. The molecule has 0 amide bonds. The zero-order chi connectivity index (χ0) is 30.0. The number of fused-ring (bicyclic) bond motifs is 1. The minimum absolute atomic E-state index is 0.00565. The lowest BCUT2D eigenvalue weighted by molar-refractivity contribution is -0.147. The monoisotopic (exact) mass is 580 g/mol. The molecule has 1 heterocycles. The molecule has 0 aliphatic carbocycles. The number of aromatic hydroxyl groups is 1. The van der Waals surface area contributed by atoms with Crippen molar-refractivity contribution in [3.63, 3.8) is 0 Å². The van der Waals surface area contributed by atoms with Crippen LogP contribution < -0.4 is 10.4 Å². The number of benzene rings is 1. The van der Waals surface area contributed by atoms with Crippen LogP contribution in [0.15, 0.2) is 11.6 Å². The molecule has 1 aromatic carbocycles.